The zero-order valence-electron chi connectivity index (χ0n) is 12.1. The van der Waals surface area contributed by atoms with Gasteiger partial charge in [-0.2, -0.15) is 0 Å². The molecule has 1 heterocycles. The van der Waals surface area contributed by atoms with E-state index < -0.39 is 15.9 Å². The standard InChI is InChI=1S/C15H19NO4S/c1-11-6-8-13(9-7-11)21(18,19)15-14(20-10-16-15)5-3-4-12(2)17/h6-10,12,17H,3-5H2,1-2H3. The van der Waals surface area contributed by atoms with E-state index in [9.17, 15) is 13.5 Å². The lowest BCUT2D eigenvalue weighted by Gasteiger charge is -2.05. The molecule has 1 N–H and O–H groups in total. The molecule has 21 heavy (non-hydrogen) atoms. The first kappa shape index (κ1) is 15.7. The second kappa shape index (κ2) is 6.41. The number of hydrogen-bond acceptors (Lipinski definition) is 5. The summed E-state index contributed by atoms with van der Waals surface area (Å²) in [5.41, 5.74) is 0.992. The van der Waals surface area contributed by atoms with Crippen molar-refractivity contribution >= 4 is 9.84 Å². The first-order chi connectivity index (χ1) is 9.91. The third kappa shape index (κ3) is 3.71. The maximum Gasteiger partial charge on any atom is 0.227 e. The highest BCUT2D eigenvalue weighted by Crippen LogP contribution is 2.24. The van der Waals surface area contributed by atoms with Gasteiger partial charge >= 0.3 is 0 Å². The topological polar surface area (TPSA) is 80.4 Å². The number of hydrogen-bond donors (Lipinski definition) is 1. The first-order valence-electron chi connectivity index (χ1n) is 6.83. The van der Waals surface area contributed by atoms with Gasteiger partial charge in [-0.25, -0.2) is 13.4 Å². The molecule has 0 amide bonds. The van der Waals surface area contributed by atoms with Crippen LogP contribution < -0.4 is 0 Å². The Kier molecular flexibility index (Phi) is 4.80. The molecule has 0 saturated carbocycles. The summed E-state index contributed by atoms with van der Waals surface area (Å²) in [7, 11) is -3.66. The summed E-state index contributed by atoms with van der Waals surface area (Å²) in [6, 6.07) is 6.64. The van der Waals surface area contributed by atoms with Gasteiger partial charge in [0.2, 0.25) is 14.9 Å². The Morgan fingerprint density at radius 3 is 2.57 bits per heavy atom. The van der Waals surface area contributed by atoms with E-state index in [2.05, 4.69) is 4.98 Å². The Hall–Kier alpha value is -1.66. The SMILES string of the molecule is Cc1ccc(S(=O)(=O)c2ncoc2CCCC(C)O)cc1. The van der Waals surface area contributed by atoms with Crippen LogP contribution in [0.3, 0.4) is 0 Å². The highest BCUT2D eigenvalue weighted by molar-refractivity contribution is 7.91. The van der Waals surface area contributed by atoms with Crippen LogP contribution in [-0.4, -0.2) is 24.6 Å². The number of benzene rings is 1. The third-order valence-corrected chi connectivity index (χ3v) is 4.95. The number of aliphatic hydroxyl groups excluding tert-OH is 1. The number of sulfone groups is 1. The Morgan fingerprint density at radius 1 is 1.29 bits per heavy atom. The Bertz CT molecular complexity index is 687. The van der Waals surface area contributed by atoms with E-state index in [1.807, 2.05) is 6.92 Å². The molecule has 0 aliphatic heterocycles. The molecule has 6 heteroatoms. The second-order valence-electron chi connectivity index (χ2n) is 5.14. The molecule has 0 aliphatic carbocycles. The van der Waals surface area contributed by atoms with E-state index in [0.717, 1.165) is 12.0 Å². The molecule has 2 rings (SSSR count). The van der Waals surface area contributed by atoms with Gasteiger partial charge < -0.3 is 9.52 Å². The summed E-state index contributed by atoms with van der Waals surface area (Å²) < 4.78 is 30.3. The maximum atomic E-state index is 12.6. The third-order valence-electron chi connectivity index (χ3n) is 3.22. The van der Waals surface area contributed by atoms with Gasteiger partial charge in [-0.3, -0.25) is 0 Å². The fourth-order valence-electron chi connectivity index (χ4n) is 2.03. The fraction of sp³-hybridized carbons (Fsp3) is 0.400. The normalized spacial score (nSPS) is 13.3. The molecule has 1 aromatic heterocycles. The molecular weight excluding hydrogens is 290 g/mol. The summed E-state index contributed by atoms with van der Waals surface area (Å²) in [6.07, 6.45) is 2.41. The molecule has 0 saturated heterocycles. The molecule has 1 atom stereocenters. The van der Waals surface area contributed by atoms with E-state index in [0.29, 0.717) is 25.0 Å². The molecule has 114 valence electrons. The van der Waals surface area contributed by atoms with Gasteiger partial charge in [0.1, 0.15) is 5.76 Å². The monoisotopic (exact) mass is 309 g/mol. The lowest BCUT2D eigenvalue weighted by atomic mass is 10.1. The average Bonchev–Trinajstić information content (AvgIpc) is 2.88. The Morgan fingerprint density at radius 2 is 1.95 bits per heavy atom. The van der Waals surface area contributed by atoms with Crippen LogP contribution in [0, 0.1) is 6.92 Å². The molecule has 0 bridgehead atoms. The number of nitrogens with zero attached hydrogens (tertiary/aromatic N) is 1. The lowest BCUT2D eigenvalue weighted by Crippen LogP contribution is -2.06. The molecule has 5 nitrogen and oxygen atoms in total. The number of aliphatic hydroxyl groups is 1. The summed E-state index contributed by atoms with van der Waals surface area (Å²) in [5, 5.41) is 9.22. The Balaban J connectivity index is 2.25. The van der Waals surface area contributed by atoms with Crippen molar-refractivity contribution in [3.05, 3.63) is 42.0 Å². The van der Waals surface area contributed by atoms with Crippen LogP contribution in [0.5, 0.6) is 0 Å². The van der Waals surface area contributed by atoms with Gasteiger partial charge in [-0.1, -0.05) is 17.7 Å². The van der Waals surface area contributed by atoms with Crippen molar-refractivity contribution in [2.24, 2.45) is 0 Å². The summed E-state index contributed by atoms with van der Waals surface area (Å²) >= 11 is 0. The minimum atomic E-state index is -3.66. The molecule has 1 aromatic carbocycles. The molecule has 0 fully saturated rings. The summed E-state index contributed by atoms with van der Waals surface area (Å²) in [6.45, 7) is 3.60. The van der Waals surface area contributed by atoms with Crippen molar-refractivity contribution in [1.82, 2.24) is 4.98 Å². The van der Waals surface area contributed by atoms with Crippen molar-refractivity contribution in [3.63, 3.8) is 0 Å². The predicted molar refractivity (Wildman–Crippen MR) is 77.8 cm³/mol. The van der Waals surface area contributed by atoms with Gasteiger partial charge in [0.25, 0.3) is 0 Å². The molecule has 2 aromatic rings. The van der Waals surface area contributed by atoms with Gasteiger partial charge in [-0.05, 0) is 38.8 Å². The highest BCUT2D eigenvalue weighted by Gasteiger charge is 2.25. The number of aromatic nitrogens is 1. The largest absolute Gasteiger partial charge is 0.447 e. The van der Waals surface area contributed by atoms with Gasteiger partial charge in [0, 0.05) is 6.42 Å². The fourth-order valence-corrected chi connectivity index (χ4v) is 3.38. The predicted octanol–water partition coefficient (Wildman–Crippen LogP) is 2.52. The second-order valence-corrected chi connectivity index (χ2v) is 7.00. The van der Waals surface area contributed by atoms with E-state index in [1.54, 1.807) is 31.2 Å². The first-order valence-corrected chi connectivity index (χ1v) is 8.32. The maximum absolute atomic E-state index is 12.6. The summed E-state index contributed by atoms with van der Waals surface area (Å²) in [4.78, 5) is 4.07. The van der Waals surface area contributed by atoms with Gasteiger partial charge in [-0.15, -0.1) is 0 Å². The molecule has 0 radical (unpaired) electrons. The van der Waals surface area contributed by atoms with Crippen molar-refractivity contribution < 1.29 is 17.9 Å². The lowest BCUT2D eigenvalue weighted by molar-refractivity contribution is 0.181. The molecule has 0 aliphatic rings. The molecule has 1 unspecified atom stereocenters. The van der Waals surface area contributed by atoms with Crippen molar-refractivity contribution in [3.8, 4) is 0 Å². The number of rotatable bonds is 6. The Labute approximate surface area is 124 Å². The van der Waals surface area contributed by atoms with Crippen molar-refractivity contribution in [2.45, 2.75) is 49.1 Å². The quantitative estimate of drug-likeness (QED) is 0.887. The van der Waals surface area contributed by atoms with Crippen LogP contribution in [0.2, 0.25) is 0 Å². The highest BCUT2D eigenvalue weighted by atomic mass is 32.2. The smallest absolute Gasteiger partial charge is 0.227 e. The van der Waals surface area contributed by atoms with Crippen LogP contribution >= 0.6 is 0 Å². The van der Waals surface area contributed by atoms with Crippen LogP contribution in [-0.2, 0) is 16.3 Å². The average molecular weight is 309 g/mol. The number of aryl methyl sites for hydroxylation is 2. The minimum Gasteiger partial charge on any atom is -0.447 e. The summed E-state index contributed by atoms with van der Waals surface area (Å²) in [5.74, 6) is 0.344. The van der Waals surface area contributed by atoms with Crippen LogP contribution in [0.4, 0.5) is 0 Å². The van der Waals surface area contributed by atoms with Crippen molar-refractivity contribution in [1.29, 1.82) is 0 Å². The van der Waals surface area contributed by atoms with E-state index >= 15 is 0 Å². The minimum absolute atomic E-state index is 0.0306. The zero-order chi connectivity index (χ0) is 15.5. The zero-order valence-corrected chi connectivity index (χ0v) is 12.9. The molecular formula is C15H19NO4S. The molecule has 0 spiro atoms. The van der Waals surface area contributed by atoms with E-state index in [4.69, 9.17) is 4.42 Å². The van der Waals surface area contributed by atoms with E-state index in [1.165, 1.54) is 0 Å². The van der Waals surface area contributed by atoms with Gasteiger partial charge in [0.15, 0.2) is 6.39 Å². The van der Waals surface area contributed by atoms with Crippen LogP contribution in [0.1, 0.15) is 31.1 Å². The van der Waals surface area contributed by atoms with Crippen LogP contribution in [0.15, 0.2) is 45.0 Å². The van der Waals surface area contributed by atoms with Gasteiger partial charge in [0.05, 0.1) is 11.0 Å². The van der Waals surface area contributed by atoms with Crippen LogP contribution in [0.25, 0.3) is 0 Å². The van der Waals surface area contributed by atoms with Crippen molar-refractivity contribution in [2.75, 3.05) is 0 Å². The number of oxazole rings is 1. The van der Waals surface area contributed by atoms with E-state index in [-0.39, 0.29) is 9.92 Å².